The zero-order chi connectivity index (χ0) is 26.8. The minimum absolute atomic E-state index is 0.0986. The highest BCUT2D eigenvalue weighted by atomic mass is 19.1. The maximum atomic E-state index is 13.5. The molecule has 1 fully saturated rings. The minimum atomic E-state index is -0.390. The van der Waals surface area contributed by atoms with Crippen molar-refractivity contribution < 1.29 is 9.18 Å². The lowest BCUT2D eigenvalue weighted by Crippen LogP contribution is -2.47. The standard InChI is InChI=1S/C28H32FN7O2/c1-4-32(2)28(38)36-25(37)13-16-30-26(36)33(3)22-14-17-34(18-15-22)27-31-23-7-5-6-8-24(23)35(27)19-20-9-11-21(29)12-10-20/h5-13,16,22H,4,14-15,17-19H2,1-3H3. The van der Waals surface area contributed by atoms with E-state index in [4.69, 9.17) is 4.98 Å². The molecule has 1 aliphatic rings. The number of nitrogens with zero attached hydrogens (tertiary/aromatic N) is 7. The lowest BCUT2D eigenvalue weighted by atomic mass is 10.0. The van der Waals surface area contributed by atoms with Gasteiger partial charge in [0.05, 0.1) is 17.6 Å². The molecule has 1 saturated heterocycles. The van der Waals surface area contributed by atoms with E-state index < -0.39 is 0 Å². The Morgan fingerprint density at radius 3 is 2.47 bits per heavy atom. The molecule has 2 aromatic carbocycles. The number of rotatable bonds is 6. The van der Waals surface area contributed by atoms with Gasteiger partial charge in [-0.3, -0.25) is 4.79 Å². The SMILES string of the molecule is CCN(C)C(=O)n1c(N(C)C2CCN(c3nc4ccccc4n3Cc3ccc(F)cc3)CC2)nccc1=O. The first-order valence-corrected chi connectivity index (χ1v) is 12.9. The van der Waals surface area contributed by atoms with Crippen molar-refractivity contribution in [3.63, 3.8) is 0 Å². The van der Waals surface area contributed by atoms with Gasteiger partial charge in [-0.05, 0) is 49.6 Å². The quantitative estimate of drug-likeness (QED) is 0.387. The summed E-state index contributed by atoms with van der Waals surface area (Å²) in [6.07, 6.45) is 3.06. The molecule has 0 spiro atoms. The number of carbonyl (C=O) groups is 1. The molecule has 0 saturated carbocycles. The Kier molecular flexibility index (Phi) is 7.13. The number of hydrogen-bond acceptors (Lipinski definition) is 6. The van der Waals surface area contributed by atoms with Crippen molar-refractivity contribution in [1.82, 2.24) is 24.0 Å². The van der Waals surface area contributed by atoms with Crippen molar-refractivity contribution in [2.24, 2.45) is 0 Å². The summed E-state index contributed by atoms with van der Waals surface area (Å²) in [5.74, 6) is 0.980. The molecule has 1 aliphatic heterocycles. The molecule has 0 aliphatic carbocycles. The van der Waals surface area contributed by atoms with Crippen molar-refractivity contribution in [2.45, 2.75) is 32.4 Å². The van der Waals surface area contributed by atoms with Crippen LogP contribution in [0.1, 0.15) is 25.3 Å². The summed E-state index contributed by atoms with van der Waals surface area (Å²) in [5, 5.41) is 0. The monoisotopic (exact) mass is 517 g/mol. The van der Waals surface area contributed by atoms with Crippen molar-refractivity contribution in [1.29, 1.82) is 0 Å². The van der Waals surface area contributed by atoms with Crippen LogP contribution in [0, 0.1) is 5.82 Å². The molecule has 9 nitrogen and oxygen atoms in total. The van der Waals surface area contributed by atoms with Crippen LogP contribution in [0.2, 0.25) is 0 Å². The summed E-state index contributed by atoms with van der Waals surface area (Å²) in [5.41, 5.74) is 2.56. The van der Waals surface area contributed by atoms with Gasteiger partial charge < -0.3 is 19.3 Å². The summed E-state index contributed by atoms with van der Waals surface area (Å²) in [7, 11) is 3.56. The first-order valence-electron chi connectivity index (χ1n) is 12.9. The fourth-order valence-electron chi connectivity index (χ4n) is 4.98. The Bertz CT molecular complexity index is 1490. The average Bonchev–Trinajstić information content (AvgIpc) is 3.31. The predicted octanol–water partition coefficient (Wildman–Crippen LogP) is 3.81. The maximum Gasteiger partial charge on any atom is 0.333 e. The van der Waals surface area contributed by atoms with Crippen LogP contribution in [0.3, 0.4) is 0 Å². The molecule has 0 bridgehead atoms. The van der Waals surface area contributed by atoms with Gasteiger partial charge in [0.2, 0.25) is 11.9 Å². The molecular weight excluding hydrogens is 485 g/mol. The van der Waals surface area contributed by atoms with Crippen molar-refractivity contribution in [3.05, 3.63) is 82.5 Å². The predicted molar refractivity (Wildman–Crippen MR) is 146 cm³/mol. The first kappa shape index (κ1) is 25.4. The smallest absolute Gasteiger partial charge is 0.333 e. The van der Waals surface area contributed by atoms with Gasteiger partial charge in [0, 0.05) is 52.0 Å². The highest BCUT2D eigenvalue weighted by Gasteiger charge is 2.29. The Morgan fingerprint density at radius 1 is 1.05 bits per heavy atom. The molecule has 0 unspecified atom stereocenters. The van der Waals surface area contributed by atoms with Gasteiger partial charge in [-0.1, -0.05) is 24.3 Å². The molecule has 4 aromatic rings. The molecule has 198 valence electrons. The van der Waals surface area contributed by atoms with E-state index in [-0.39, 0.29) is 23.4 Å². The second kappa shape index (κ2) is 10.6. The minimum Gasteiger partial charge on any atom is -0.342 e. The number of amides is 1. The molecule has 0 atom stereocenters. The number of benzene rings is 2. The van der Waals surface area contributed by atoms with Gasteiger partial charge >= 0.3 is 6.03 Å². The van der Waals surface area contributed by atoms with Gasteiger partial charge in [-0.25, -0.2) is 19.2 Å². The molecular formula is C28H32FN7O2. The molecule has 10 heteroatoms. The van der Waals surface area contributed by atoms with Crippen LogP contribution in [0.5, 0.6) is 0 Å². The lowest BCUT2D eigenvalue weighted by molar-refractivity contribution is 0.211. The number of piperidine rings is 1. The summed E-state index contributed by atoms with van der Waals surface area (Å²) in [6, 6.07) is 15.6. The number of anilines is 2. The Hall–Kier alpha value is -4.21. The van der Waals surface area contributed by atoms with Crippen LogP contribution in [0.25, 0.3) is 11.0 Å². The number of para-hydroxylation sites is 2. The molecule has 2 aromatic heterocycles. The van der Waals surface area contributed by atoms with E-state index in [2.05, 4.69) is 20.5 Å². The van der Waals surface area contributed by atoms with Crippen LogP contribution in [-0.4, -0.2) is 69.8 Å². The van der Waals surface area contributed by atoms with Crippen molar-refractivity contribution in [2.75, 3.05) is 43.5 Å². The van der Waals surface area contributed by atoms with E-state index in [1.165, 1.54) is 29.3 Å². The second-order valence-electron chi connectivity index (χ2n) is 9.66. The van der Waals surface area contributed by atoms with Crippen LogP contribution in [-0.2, 0) is 6.54 Å². The zero-order valence-corrected chi connectivity index (χ0v) is 21.9. The summed E-state index contributed by atoms with van der Waals surface area (Å²) >= 11 is 0. The van der Waals surface area contributed by atoms with Crippen LogP contribution in [0.4, 0.5) is 21.1 Å². The number of hydrogen-bond donors (Lipinski definition) is 0. The summed E-state index contributed by atoms with van der Waals surface area (Å²) < 4.78 is 16.8. The van der Waals surface area contributed by atoms with Crippen LogP contribution < -0.4 is 15.4 Å². The number of carbonyl (C=O) groups excluding carboxylic acids is 1. The Balaban J connectivity index is 1.38. The Labute approximate surface area is 220 Å². The Morgan fingerprint density at radius 2 is 1.76 bits per heavy atom. The number of halogens is 1. The van der Waals surface area contributed by atoms with Crippen molar-refractivity contribution >= 4 is 29.0 Å². The van der Waals surface area contributed by atoms with E-state index in [9.17, 15) is 14.0 Å². The number of imidazole rings is 1. The fourth-order valence-corrected chi connectivity index (χ4v) is 4.98. The third-order valence-electron chi connectivity index (χ3n) is 7.32. The van der Waals surface area contributed by atoms with Gasteiger partial charge in [-0.15, -0.1) is 0 Å². The zero-order valence-electron chi connectivity index (χ0n) is 21.9. The lowest BCUT2D eigenvalue weighted by Gasteiger charge is -2.38. The summed E-state index contributed by atoms with van der Waals surface area (Å²) in [4.78, 5) is 40.6. The van der Waals surface area contributed by atoms with Gasteiger partial charge in [0.15, 0.2) is 0 Å². The molecule has 3 heterocycles. The highest BCUT2D eigenvalue weighted by molar-refractivity contribution is 5.80. The topological polar surface area (TPSA) is 79.5 Å². The molecule has 1 amide bonds. The molecule has 0 radical (unpaired) electrons. The highest BCUT2D eigenvalue weighted by Crippen LogP contribution is 2.28. The number of fused-ring (bicyclic) bond motifs is 1. The van der Waals surface area contributed by atoms with Gasteiger partial charge in [-0.2, -0.15) is 4.57 Å². The van der Waals surface area contributed by atoms with E-state index in [0.717, 1.165) is 53.0 Å². The normalized spacial score (nSPS) is 14.2. The van der Waals surface area contributed by atoms with E-state index in [1.54, 1.807) is 19.2 Å². The third-order valence-corrected chi connectivity index (χ3v) is 7.32. The van der Waals surface area contributed by atoms with Crippen LogP contribution in [0.15, 0.2) is 65.6 Å². The van der Waals surface area contributed by atoms with E-state index >= 15 is 0 Å². The third kappa shape index (κ3) is 4.85. The maximum absolute atomic E-state index is 13.5. The van der Waals surface area contributed by atoms with Crippen LogP contribution >= 0.6 is 0 Å². The first-order chi connectivity index (χ1) is 18.4. The van der Waals surface area contributed by atoms with Gasteiger partial charge in [0.25, 0.3) is 5.56 Å². The number of aromatic nitrogens is 4. The second-order valence-corrected chi connectivity index (χ2v) is 9.66. The van der Waals surface area contributed by atoms with Crippen molar-refractivity contribution in [3.8, 4) is 0 Å². The van der Waals surface area contributed by atoms with E-state index in [0.29, 0.717) is 19.0 Å². The molecule has 38 heavy (non-hydrogen) atoms. The molecule has 5 rings (SSSR count). The van der Waals surface area contributed by atoms with E-state index in [1.807, 2.05) is 37.1 Å². The fraction of sp³-hybridized carbons (Fsp3) is 0.357. The summed E-state index contributed by atoms with van der Waals surface area (Å²) in [6.45, 7) is 4.44. The van der Waals surface area contributed by atoms with Gasteiger partial charge in [0.1, 0.15) is 5.82 Å². The average molecular weight is 518 g/mol. The largest absolute Gasteiger partial charge is 0.342 e. The molecule has 0 N–H and O–H groups in total.